The van der Waals surface area contributed by atoms with E-state index in [4.69, 9.17) is 14.2 Å². The predicted molar refractivity (Wildman–Crippen MR) is 147 cm³/mol. The molecule has 0 spiro atoms. The molecule has 0 radical (unpaired) electrons. The Morgan fingerprint density at radius 1 is 0.784 bits per heavy atom. The average Bonchev–Trinajstić information content (AvgIpc) is 2.87. The fourth-order valence-corrected chi connectivity index (χ4v) is 3.67. The molecule has 3 aromatic carbocycles. The van der Waals surface area contributed by atoms with Gasteiger partial charge in [-0.05, 0) is 106 Å². The molecule has 0 N–H and O–H groups in total. The van der Waals surface area contributed by atoms with Gasteiger partial charge in [0.25, 0.3) is 0 Å². The van der Waals surface area contributed by atoms with Crippen LogP contribution in [0.3, 0.4) is 0 Å². The molecule has 0 aliphatic carbocycles. The van der Waals surface area contributed by atoms with Crippen LogP contribution < -0.4 is 14.2 Å². The van der Waals surface area contributed by atoms with Crippen LogP contribution in [0.1, 0.15) is 51.7 Å². The van der Waals surface area contributed by atoms with E-state index in [1.165, 1.54) is 11.1 Å². The third kappa shape index (κ3) is 8.07. The van der Waals surface area contributed by atoms with Gasteiger partial charge in [0.1, 0.15) is 17.2 Å². The van der Waals surface area contributed by atoms with Crippen molar-refractivity contribution in [1.29, 1.82) is 0 Å². The summed E-state index contributed by atoms with van der Waals surface area (Å²) in [5, 5.41) is 0. The van der Waals surface area contributed by atoms with Crippen LogP contribution in [0.25, 0.3) is 11.1 Å². The smallest absolute Gasteiger partial charge is 0.338 e. The lowest BCUT2D eigenvalue weighted by atomic mass is 9.97. The molecule has 3 rings (SSSR count). The van der Waals surface area contributed by atoms with E-state index in [0.29, 0.717) is 17.1 Å². The lowest BCUT2D eigenvalue weighted by molar-refractivity contribution is -0.143. The van der Waals surface area contributed by atoms with Gasteiger partial charge < -0.3 is 14.2 Å². The second-order valence-corrected chi connectivity index (χ2v) is 10.2. The third-order valence-corrected chi connectivity index (χ3v) is 5.94. The molecule has 5 nitrogen and oxygen atoms in total. The monoisotopic (exact) mass is 500 g/mol. The summed E-state index contributed by atoms with van der Waals surface area (Å²) in [6.07, 6.45) is 3.92. The molecule has 0 heterocycles. The number of carbonyl (C=O) groups is 2. The van der Waals surface area contributed by atoms with Crippen molar-refractivity contribution in [2.24, 2.45) is 5.41 Å². The van der Waals surface area contributed by atoms with Crippen LogP contribution in [0.15, 0.2) is 78.9 Å². The highest BCUT2D eigenvalue weighted by Crippen LogP contribution is 2.30. The van der Waals surface area contributed by atoms with E-state index in [2.05, 4.69) is 24.8 Å². The number of ether oxygens (including phenoxy) is 3. The molecular weight excluding hydrogens is 464 g/mol. The Morgan fingerprint density at radius 2 is 1.35 bits per heavy atom. The van der Waals surface area contributed by atoms with Crippen molar-refractivity contribution in [3.05, 3.63) is 90.0 Å². The summed E-state index contributed by atoms with van der Waals surface area (Å²) in [6.45, 7) is 10.7. The van der Waals surface area contributed by atoms with Crippen LogP contribution in [0, 0.1) is 5.41 Å². The molecule has 3 aromatic rings. The number of esters is 2. The van der Waals surface area contributed by atoms with Crippen LogP contribution in [-0.2, 0) is 22.4 Å². The largest absolute Gasteiger partial charge is 0.496 e. The van der Waals surface area contributed by atoms with E-state index in [1.54, 1.807) is 14.0 Å². The van der Waals surface area contributed by atoms with E-state index >= 15 is 0 Å². The van der Waals surface area contributed by atoms with Crippen molar-refractivity contribution in [1.82, 2.24) is 0 Å². The number of aryl methyl sites for hydroxylation is 2. The maximum Gasteiger partial charge on any atom is 0.338 e. The van der Waals surface area contributed by atoms with Crippen LogP contribution in [0.5, 0.6) is 17.2 Å². The van der Waals surface area contributed by atoms with E-state index in [-0.39, 0.29) is 5.97 Å². The number of hydrogen-bond donors (Lipinski definition) is 0. The molecule has 194 valence electrons. The number of rotatable bonds is 10. The first kappa shape index (κ1) is 27.7. The first-order valence-electron chi connectivity index (χ1n) is 12.5. The molecule has 0 unspecified atom stereocenters. The Balaban J connectivity index is 1.54. The van der Waals surface area contributed by atoms with Crippen molar-refractivity contribution in [3.63, 3.8) is 0 Å². The lowest BCUT2D eigenvalue weighted by Gasteiger charge is -2.16. The zero-order valence-corrected chi connectivity index (χ0v) is 22.4. The minimum absolute atomic E-state index is 0.257. The van der Waals surface area contributed by atoms with E-state index in [1.807, 2.05) is 69.3 Å². The fraction of sp³-hybridized carbons (Fsp3) is 0.312. The topological polar surface area (TPSA) is 61.8 Å². The minimum Gasteiger partial charge on any atom is -0.496 e. The van der Waals surface area contributed by atoms with Gasteiger partial charge >= 0.3 is 11.9 Å². The number of unbranched alkanes of at least 4 members (excludes halogenated alkanes) is 1. The quantitative estimate of drug-likeness (QED) is 0.126. The first-order chi connectivity index (χ1) is 17.6. The van der Waals surface area contributed by atoms with Crippen molar-refractivity contribution in [2.45, 2.75) is 53.4 Å². The van der Waals surface area contributed by atoms with Gasteiger partial charge in [-0.2, -0.15) is 0 Å². The molecular formula is C32H36O5. The Kier molecular flexibility index (Phi) is 9.29. The summed E-state index contributed by atoms with van der Waals surface area (Å²) in [4.78, 5) is 23.7. The normalized spacial score (nSPS) is 11.1. The summed E-state index contributed by atoms with van der Waals surface area (Å²) in [7, 11) is 1.69. The molecule has 0 aliphatic heterocycles. The molecule has 0 bridgehead atoms. The average molecular weight is 501 g/mol. The van der Waals surface area contributed by atoms with Gasteiger partial charge in [-0.15, -0.1) is 0 Å². The van der Waals surface area contributed by atoms with Crippen molar-refractivity contribution < 1.29 is 23.8 Å². The van der Waals surface area contributed by atoms with Crippen LogP contribution in [-0.4, -0.2) is 19.0 Å². The highest BCUT2D eigenvalue weighted by atomic mass is 16.5. The summed E-state index contributed by atoms with van der Waals surface area (Å²) >= 11 is 0. The van der Waals surface area contributed by atoms with Crippen LogP contribution >= 0.6 is 0 Å². The maximum atomic E-state index is 12.1. The van der Waals surface area contributed by atoms with Crippen molar-refractivity contribution in [2.75, 3.05) is 7.11 Å². The van der Waals surface area contributed by atoms with Crippen LogP contribution in [0.2, 0.25) is 0 Å². The molecule has 37 heavy (non-hydrogen) atoms. The molecule has 0 fully saturated rings. The zero-order valence-electron chi connectivity index (χ0n) is 22.4. The van der Waals surface area contributed by atoms with E-state index < -0.39 is 11.4 Å². The highest BCUT2D eigenvalue weighted by molar-refractivity contribution is 5.88. The Labute approximate surface area is 220 Å². The molecule has 0 saturated heterocycles. The van der Waals surface area contributed by atoms with Gasteiger partial charge in [-0.25, -0.2) is 4.79 Å². The maximum absolute atomic E-state index is 12.1. The number of benzene rings is 3. The Hall–Kier alpha value is -3.86. The minimum atomic E-state index is -0.548. The van der Waals surface area contributed by atoms with Gasteiger partial charge in [0.2, 0.25) is 0 Å². The predicted octanol–water partition coefficient (Wildman–Crippen LogP) is 7.36. The summed E-state index contributed by atoms with van der Waals surface area (Å²) in [5.74, 6) is 1.26. The summed E-state index contributed by atoms with van der Waals surface area (Å²) in [6, 6.07) is 21.4. The highest BCUT2D eigenvalue weighted by Gasteiger charge is 2.23. The number of carbonyl (C=O) groups excluding carboxylic acids is 2. The molecule has 5 heteroatoms. The van der Waals surface area contributed by atoms with Gasteiger partial charge in [0.05, 0.1) is 12.5 Å². The molecule has 0 aliphatic rings. The lowest BCUT2D eigenvalue weighted by Crippen LogP contribution is -2.25. The Bertz CT molecular complexity index is 1230. The summed E-state index contributed by atoms with van der Waals surface area (Å²) < 4.78 is 16.4. The standard InChI is InChI=1S/C32H36O5/c1-22(2)30(33)36-27-17-11-23(12-18-27)9-7-8-10-25-13-14-26(21-29(25)35-6)24-15-19-28(20-16-24)37-31(34)32(3,4)5/h11-21H,1,7-10H2,2-6H3. The van der Waals surface area contributed by atoms with Crippen molar-refractivity contribution in [3.8, 4) is 28.4 Å². The second kappa shape index (κ2) is 12.4. The van der Waals surface area contributed by atoms with Gasteiger partial charge in [-0.3, -0.25) is 4.79 Å². The van der Waals surface area contributed by atoms with E-state index in [9.17, 15) is 9.59 Å². The van der Waals surface area contributed by atoms with Crippen molar-refractivity contribution >= 4 is 11.9 Å². The number of hydrogen-bond acceptors (Lipinski definition) is 5. The third-order valence-electron chi connectivity index (χ3n) is 5.94. The molecule has 0 amide bonds. The SMILES string of the molecule is C=C(C)C(=O)Oc1ccc(CCCCc2ccc(-c3ccc(OC(=O)C(C)(C)C)cc3)cc2OC)cc1. The molecule has 0 atom stereocenters. The Morgan fingerprint density at radius 3 is 1.95 bits per heavy atom. The second-order valence-electron chi connectivity index (χ2n) is 10.2. The van der Waals surface area contributed by atoms with E-state index in [0.717, 1.165) is 42.6 Å². The molecule has 0 saturated carbocycles. The fourth-order valence-electron chi connectivity index (χ4n) is 3.67. The van der Waals surface area contributed by atoms with Gasteiger partial charge in [0.15, 0.2) is 0 Å². The summed E-state index contributed by atoms with van der Waals surface area (Å²) in [5.41, 5.74) is 4.27. The zero-order chi connectivity index (χ0) is 27.0. The van der Waals surface area contributed by atoms with Gasteiger partial charge in [-0.1, -0.05) is 43.0 Å². The first-order valence-corrected chi connectivity index (χ1v) is 12.5. The van der Waals surface area contributed by atoms with Crippen LogP contribution in [0.4, 0.5) is 0 Å². The molecule has 0 aromatic heterocycles. The van der Waals surface area contributed by atoms with Gasteiger partial charge in [0, 0.05) is 5.57 Å². The number of methoxy groups -OCH3 is 1.